The fourth-order valence-electron chi connectivity index (χ4n) is 1.99. The number of rotatable bonds is 5. The fourth-order valence-corrected chi connectivity index (χ4v) is 1.99. The second-order valence-electron chi connectivity index (χ2n) is 4.33. The molecule has 0 aromatic heterocycles. The summed E-state index contributed by atoms with van der Waals surface area (Å²) < 4.78 is 13.6. The number of carbonyl (C=O) groups is 1. The summed E-state index contributed by atoms with van der Waals surface area (Å²) in [6.07, 6.45) is 1.38. The van der Waals surface area contributed by atoms with Crippen LogP contribution in [0.5, 0.6) is 0 Å². The standard InChI is InChI=1S/C15H16FNO2/c16-14-8-7-13(11-5-1-2-6-12(11)14)15(19)17-9-3-4-10-18/h1-2,5-8,18H,3-4,9-10H2,(H,17,19). The lowest BCUT2D eigenvalue weighted by Gasteiger charge is -2.08. The normalized spacial score (nSPS) is 10.6. The smallest absolute Gasteiger partial charge is 0.251 e. The molecule has 0 saturated carbocycles. The molecule has 0 atom stereocenters. The van der Waals surface area contributed by atoms with Crippen LogP contribution in [0.4, 0.5) is 4.39 Å². The molecule has 0 bridgehead atoms. The Morgan fingerprint density at radius 1 is 1.11 bits per heavy atom. The van der Waals surface area contributed by atoms with Gasteiger partial charge in [0.2, 0.25) is 0 Å². The Balaban J connectivity index is 2.20. The quantitative estimate of drug-likeness (QED) is 0.812. The topological polar surface area (TPSA) is 49.3 Å². The second-order valence-corrected chi connectivity index (χ2v) is 4.33. The van der Waals surface area contributed by atoms with Crippen LogP contribution in [-0.2, 0) is 0 Å². The van der Waals surface area contributed by atoms with Gasteiger partial charge in [-0.3, -0.25) is 4.79 Å². The largest absolute Gasteiger partial charge is 0.396 e. The summed E-state index contributed by atoms with van der Waals surface area (Å²) in [5, 5.41) is 12.5. The third kappa shape index (κ3) is 3.09. The Morgan fingerprint density at radius 2 is 1.84 bits per heavy atom. The minimum atomic E-state index is -0.326. The molecule has 19 heavy (non-hydrogen) atoms. The molecule has 0 spiro atoms. The highest BCUT2D eigenvalue weighted by atomic mass is 19.1. The average Bonchev–Trinajstić information content (AvgIpc) is 2.44. The summed E-state index contributed by atoms with van der Waals surface area (Å²) in [5.41, 5.74) is 0.473. The molecule has 0 fully saturated rings. The van der Waals surface area contributed by atoms with Crippen LogP contribution in [0.15, 0.2) is 36.4 Å². The molecule has 0 aliphatic rings. The SMILES string of the molecule is O=C(NCCCCO)c1ccc(F)c2ccccc12. The Labute approximate surface area is 111 Å². The first-order valence-electron chi connectivity index (χ1n) is 6.30. The van der Waals surface area contributed by atoms with Gasteiger partial charge >= 0.3 is 0 Å². The maximum absolute atomic E-state index is 13.6. The molecule has 0 aliphatic carbocycles. The van der Waals surface area contributed by atoms with Crippen LogP contribution >= 0.6 is 0 Å². The highest BCUT2D eigenvalue weighted by molar-refractivity contribution is 6.07. The summed E-state index contributed by atoms with van der Waals surface area (Å²) in [4.78, 5) is 12.0. The zero-order valence-corrected chi connectivity index (χ0v) is 10.5. The van der Waals surface area contributed by atoms with E-state index in [0.717, 1.165) is 6.42 Å². The number of carbonyl (C=O) groups excluding carboxylic acids is 1. The van der Waals surface area contributed by atoms with Crippen LogP contribution in [0, 0.1) is 5.82 Å². The van der Waals surface area contributed by atoms with E-state index < -0.39 is 0 Å². The summed E-state index contributed by atoms with van der Waals surface area (Å²) >= 11 is 0. The highest BCUT2D eigenvalue weighted by Gasteiger charge is 2.11. The molecule has 1 amide bonds. The Kier molecular flexibility index (Phi) is 4.47. The van der Waals surface area contributed by atoms with Crippen LogP contribution < -0.4 is 5.32 Å². The molecular weight excluding hydrogens is 245 g/mol. The van der Waals surface area contributed by atoms with Crippen molar-refractivity contribution in [2.24, 2.45) is 0 Å². The van der Waals surface area contributed by atoms with E-state index in [1.807, 2.05) is 0 Å². The molecule has 0 unspecified atom stereocenters. The predicted octanol–water partition coefficient (Wildman–Crippen LogP) is 2.48. The lowest BCUT2D eigenvalue weighted by molar-refractivity contribution is 0.0953. The average molecular weight is 261 g/mol. The van der Waals surface area contributed by atoms with Crippen LogP contribution in [0.25, 0.3) is 10.8 Å². The van der Waals surface area contributed by atoms with Gasteiger partial charge in [0.1, 0.15) is 5.82 Å². The van der Waals surface area contributed by atoms with Crippen LogP contribution in [0.2, 0.25) is 0 Å². The number of hydrogen-bond acceptors (Lipinski definition) is 2. The van der Waals surface area contributed by atoms with E-state index in [2.05, 4.69) is 5.32 Å². The first-order valence-corrected chi connectivity index (χ1v) is 6.30. The molecule has 2 aromatic carbocycles. The zero-order chi connectivity index (χ0) is 13.7. The minimum absolute atomic E-state index is 0.120. The number of benzene rings is 2. The van der Waals surface area contributed by atoms with E-state index in [0.29, 0.717) is 29.3 Å². The maximum Gasteiger partial charge on any atom is 0.251 e. The molecule has 0 heterocycles. The van der Waals surface area contributed by atoms with Gasteiger partial charge in [-0.15, -0.1) is 0 Å². The van der Waals surface area contributed by atoms with Gasteiger partial charge in [0, 0.05) is 24.1 Å². The van der Waals surface area contributed by atoms with E-state index in [1.165, 1.54) is 12.1 Å². The van der Waals surface area contributed by atoms with Crippen LogP contribution in [0.3, 0.4) is 0 Å². The summed E-state index contributed by atoms with van der Waals surface area (Å²) in [6, 6.07) is 9.73. The lowest BCUT2D eigenvalue weighted by Crippen LogP contribution is -2.24. The molecule has 2 N–H and O–H groups in total. The van der Waals surface area contributed by atoms with Gasteiger partial charge in [-0.1, -0.05) is 24.3 Å². The Hall–Kier alpha value is -1.94. The number of hydrogen-bond donors (Lipinski definition) is 2. The molecular formula is C15H16FNO2. The van der Waals surface area contributed by atoms with Gasteiger partial charge in [0.15, 0.2) is 0 Å². The van der Waals surface area contributed by atoms with Crippen molar-refractivity contribution in [3.8, 4) is 0 Å². The Bertz CT molecular complexity index is 583. The first-order chi connectivity index (χ1) is 9.24. The fraction of sp³-hybridized carbons (Fsp3) is 0.267. The molecule has 3 nitrogen and oxygen atoms in total. The van der Waals surface area contributed by atoms with Gasteiger partial charge in [-0.25, -0.2) is 4.39 Å². The highest BCUT2D eigenvalue weighted by Crippen LogP contribution is 2.21. The lowest BCUT2D eigenvalue weighted by atomic mass is 10.0. The van der Waals surface area contributed by atoms with Crippen molar-refractivity contribution in [3.63, 3.8) is 0 Å². The zero-order valence-electron chi connectivity index (χ0n) is 10.5. The molecule has 100 valence electrons. The van der Waals surface area contributed by atoms with E-state index in [9.17, 15) is 9.18 Å². The van der Waals surface area contributed by atoms with E-state index >= 15 is 0 Å². The van der Waals surface area contributed by atoms with Gasteiger partial charge in [0.25, 0.3) is 5.91 Å². The number of aliphatic hydroxyl groups is 1. The van der Waals surface area contributed by atoms with Gasteiger partial charge in [-0.2, -0.15) is 0 Å². The summed E-state index contributed by atoms with van der Waals surface area (Å²) in [5.74, 6) is -0.540. The van der Waals surface area contributed by atoms with Crippen molar-refractivity contribution in [1.82, 2.24) is 5.32 Å². The van der Waals surface area contributed by atoms with Crippen molar-refractivity contribution in [1.29, 1.82) is 0 Å². The maximum atomic E-state index is 13.6. The van der Waals surface area contributed by atoms with E-state index in [4.69, 9.17) is 5.11 Å². The molecule has 2 aromatic rings. The van der Waals surface area contributed by atoms with Crippen molar-refractivity contribution >= 4 is 16.7 Å². The number of aliphatic hydroxyl groups excluding tert-OH is 1. The van der Waals surface area contributed by atoms with E-state index in [-0.39, 0.29) is 18.3 Å². The van der Waals surface area contributed by atoms with Gasteiger partial charge in [0.05, 0.1) is 0 Å². The summed E-state index contributed by atoms with van der Waals surface area (Å²) in [6.45, 7) is 0.625. The van der Waals surface area contributed by atoms with Crippen molar-refractivity contribution in [2.75, 3.05) is 13.2 Å². The van der Waals surface area contributed by atoms with E-state index in [1.54, 1.807) is 24.3 Å². The number of fused-ring (bicyclic) bond motifs is 1. The number of nitrogens with one attached hydrogen (secondary N) is 1. The third-order valence-electron chi connectivity index (χ3n) is 2.99. The van der Waals surface area contributed by atoms with Crippen LogP contribution in [0.1, 0.15) is 23.2 Å². The summed E-state index contributed by atoms with van der Waals surface area (Å²) in [7, 11) is 0. The molecule has 2 rings (SSSR count). The molecule has 0 radical (unpaired) electrons. The Morgan fingerprint density at radius 3 is 2.58 bits per heavy atom. The van der Waals surface area contributed by atoms with Crippen molar-refractivity contribution < 1.29 is 14.3 Å². The molecule has 0 saturated heterocycles. The monoisotopic (exact) mass is 261 g/mol. The van der Waals surface area contributed by atoms with Crippen molar-refractivity contribution in [3.05, 3.63) is 47.8 Å². The second kappa shape index (κ2) is 6.29. The number of unbranched alkanes of at least 4 members (excludes halogenated alkanes) is 1. The first kappa shape index (κ1) is 13.5. The van der Waals surface area contributed by atoms with Crippen LogP contribution in [-0.4, -0.2) is 24.2 Å². The third-order valence-corrected chi connectivity index (χ3v) is 2.99. The predicted molar refractivity (Wildman–Crippen MR) is 72.6 cm³/mol. The van der Waals surface area contributed by atoms with Crippen molar-refractivity contribution in [2.45, 2.75) is 12.8 Å². The molecule has 0 aliphatic heterocycles. The number of halogens is 1. The minimum Gasteiger partial charge on any atom is -0.396 e. The van der Waals surface area contributed by atoms with Gasteiger partial charge < -0.3 is 10.4 Å². The number of amides is 1. The van der Waals surface area contributed by atoms with Gasteiger partial charge in [-0.05, 0) is 30.4 Å². The molecule has 4 heteroatoms.